The average molecular weight is 356 g/mol. The normalized spacial score (nSPS) is 12.2. The highest BCUT2D eigenvalue weighted by atomic mass is 79.9. The van der Waals surface area contributed by atoms with Crippen LogP contribution in [0.2, 0.25) is 0 Å². The van der Waals surface area contributed by atoms with Crippen LogP contribution >= 0.6 is 27.3 Å². The van der Waals surface area contributed by atoms with Crippen LogP contribution in [0.5, 0.6) is 11.5 Å². The van der Waals surface area contributed by atoms with E-state index in [4.69, 9.17) is 15.2 Å². The number of methoxy groups -OCH3 is 2. The van der Waals surface area contributed by atoms with E-state index in [1.54, 1.807) is 25.6 Å². The van der Waals surface area contributed by atoms with Crippen molar-refractivity contribution in [2.75, 3.05) is 14.2 Å². The third-order valence-corrected chi connectivity index (χ3v) is 4.68. The third kappa shape index (κ3) is 3.98. The molecule has 2 aromatic rings. The molecule has 0 aliphatic carbocycles. The Morgan fingerprint density at radius 1 is 1.10 bits per heavy atom. The Morgan fingerprint density at radius 2 is 1.85 bits per heavy atom. The van der Waals surface area contributed by atoms with Gasteiger partial charge in [0, 0.05) is 10.9 Å². The lowest BCUT2D eigenvalue weighted by atomic mass is 10.0. The molecule has 2 N–H and O–H groups in total. The van der Waals surface area contributed by atoms with Crippen LogP contribution in [0.4, 0.5) is 0 Å². The molecule has 1 aromatic carbocycles. The van der Waals surface area contributed by atoms with Gasteiger partial charge in [-0.25, -0.2) is 0 Å². The summed E-state index contributed by atoms with van der Waals surface area (Å²) in [5.74, 6) is 1.49. The van der Waals surface area contributed by atoms with E-state index in [0.717, 1.165) is 33.7 Å². The van der Waals surface area contributed by atoms with Gasteiger partial charge in [0.1, 0.15) is 0 Å². The van der Waals surface area contributed by atoms with Crippen molar-refractivity contribution >= 4 is 27.3 Å². The predicted molar refractivity (Wildman–Crippen MR) is 86.9 cm³/mol. The van der Waals surface area contributed by atoms with Crippen LogP contribution in [0.1, 0.15) is 10.4 Å². The lowest BCUT2D eigenvalue weighted by Gasteiger charge is -2.13. The van der Waals surface area contributed by atoms with Crippen molar-refractivity contribution < 1.29 is 9.47 Å². The average Bonchev–Trinajstić information content (AvgIpc) is 2.83. The zero-order valence-corrected chi connectivity index (χ0v) is 14.0. The number of halogens is 1. The maximum Gasteiger partial charge on any atom is 0.160 e. The van der Waals surface area contributed by atoms with Crippen LogP contribution in [0, 0.1) is 0 Å². The standard InChI is InChI=1S/C15H18BrNO2S/c1-18-13-5-3-10(8-14(13)19-2)7-11(17)9-12-4-6-15(16)20-12/h3-6,8,11H,7,9,17H2,1-2H3. The highest BCUT2D eigenvalue weighted by Gasteiger charge is 2.10. The summed E-state index contributed by atoms with van der Waals surface area (Å²) in [7, 11) is 3.28. The lowest BCUT2D eigenvalue weighted by Crippen LogP contribution is -2.25. The quantitative estimate of drug-likeness (QED) is 0.860. The molecule has 3 nitrogen and oxygen atoms in total. The Morgan fingerprint density at radius 3 is 2.45 bits per heavy atom. The molecule has 1 heterocycles. The zero-order valence-electron chi connectivity index (χ0n) is 11.6. The number of benzene rings is 1. The molecule has 0 saturated heterocycles. The Balaban J connectivity index is 2.02. The van der Waals surface area contributed by atoms with Gasteiger partial charge >= 0.3 is 0 Å². The van der Waals surface area contributed by atoms with Gasteiger partial charge in [0.15, 0.2) is 11.5 Å². The fourth-order valence-electron chi connectivity index (χ4n) is 2.10. The van der Waals surface area contributed by atoms with Crippen LogP contribution in [0.15, 0.2) is 34.1 Å². The molecule has 0 amide bonds. The monoisotopic (exact) mass is 355 g/mol. The van der Waals surface area contributed by atoms with Crippen molar-refractivity contribution in [3.05, 3.63) is 44.6 Å². The number of rotatable bonds is 6. The molecule has 0 spiro atoms. The summed E-state index contributed by atoms with van der Waals surface area (Å²) in [5, 5.41) is 0. The number of ether oxygens (including phenoxy) is 2. The Labute approximate surface area is 131 Å². The lowest BCUT2D eigenvalue weighted by molar-refractivity contribution is 0.354. The molecule has 0 saturated carbocycles. The van der Waals surface area contributed by atoms with Crippen molar-refractivity contribution in [1.82, 2.24) is 0 Å². The first-order valence-corrected chi connectivity index (χ1v) is 7.94. The number of hydrogen-bond donors (Lipinski definition) is 1. The molecule has 0 radical (unpaired) electrons. The van der Waals surface area contributed by atoms with E-state index < -0.39 is 0 Å². The molecule has 5 heteroatoms. The molecule has 108 valence electrons. The van der Waals surface area contributed by atoms with Gasteiger partial charge in [-0.2, -0.15) is 0 Å². The second-order valence-electron chi connectivity index (χ2n) is 4.56. The van der Waals surface area contributed by atoms with E-state index in [-0.39, 0.29) is 6.04 Å². The highest BCUT2D eigenvalue weighted by Crippen LogP contribution is 2.28. The van der Waals surface area contributed by atoms with Gasteiger partial charge in [-0.05, 0) is 58.6 Å². The minimum absolute atomic E-state index is 0.0960. The number of hydrogen-bond acceptors (Lipinski definition) is 4. The topological polar surface area (TPSA) is 44.5 Å². The van der Waals surface area contributed by atoms with E-state index in [9.17, 15) is 0 Å². The Hall–Kier alpha value is -1.04. The molecule has 0 aliphatic rings. The van der Waals surface area contributed by atoms with Crippen LogP contribution in [-0.4, -0.2) is 20.3 Å². The molecule has 2 rings (SSSR count). The summed E-state index contributed by atoms with van der Waals surface area (Å²) >= 11 is 5.20. The minimum Gasteiger partial charge on any atom is -0.493 e. The second-order valence-corrected chi connectivity index (χ2v) is 7.11. The molecule has 1 unspecified atom stereocenters. The van der Waals surface area contributed by atoms with Gasteiger partial charge in [0.2, 0.25) is 0 Å². The van der Waals surface area contributed by atoms with Crippen LogP contribution in [0.25, 0.3) is 0 Å². The zero-order chi connectivity index (χ0) is 14.5. The van der Waals surface area contributed by atoms with Gasteiger partial charge in [-0.3, -0.25) is 0 Å². The Kier molecular flexibility index (Phi) is 5.46. The van der Waals surface area contributed by atoms with Gasteiger partial charge in [0.05, 0.1) is 18.0 Å². The van der Waals surface area contributed by atoms with Crippen LogP contribution in [-0.2, 0) is 12.8 Å². The second kappa shape index (κ2) is 7.11. The summed E-state index contributed by atoms with van der Waals surface area (Å²) in [6.45, 7) is 0. The summed E-state index contributed by atoms with van der Waals surface area (Å²) in [5.41, 5.74) is 7.39. The smallest absolute Gasteiger partial charge is 0.160 e. The maximum absolute atomic E-state index is 6.23. The van der Waals surface area contributed by atoms with Gasteiger partial charge in [-0.15, -0.1) is 11.3 Å². The SMILES string of the molecule is COc1ccc(CC(N)Cc2ccc(Br)s2)cc1OC. The molecule has 0 bridgehead atoms. The largest absolute Gasteiger partial charge is 0.493 e. The third-order valence-electron chi connectivity index (χ3n) is 3.04. The highest BCUT2D eigenvalue weighted by molar-refractivity contribution is 9.11. The number of nitrogens with two attached hydrogens (primary N) is 1. The molecular formula is C15H18BrNO2S. The molecular weight excluding hydrogens is 338 g/mol. The van der Waals surface area contributed by atoms with Gasteiger partial charge in [0.25, 0.3) is 0 Å². The summed E-state index contributed by atoms with van der Waals surface area (Å²) < 4.78 is 11.7. The molecule has 1 atom stereocenters. The fourth-order valence-corrected chi connectivity index (χ4v) is 3.68. The Bertz CT molecular complexity index is 571. The summed E-state index contributed by atoms with van der Waals surface area (Å²) in [6.07, 6.45) is 1.69. The fraction of sp³-hybridized carbons (Fsp3) is 0.333. The maximum atomic E-state index is 6.23. The van der Waals surface area contributed by atoms with Crippen LogP contribution < -0.4 is 15.2 Å². The van der Waals surface area contributed by atoms with Crippen molar-refractivity contribution in [2.24, 2.45) is 5.73 Å². The van der Waals surface area contributed by atoms with E-state index in [2.05, 4.69) is 28.1 Å². The summed E-state index contributed by atoms with van der Waals surface area (Å²) in [4.78, 5) is 1.30. The molecule has 20 heavy (non-hydrogen) atoms. The van der Waals surface area contributed by atoms with Crippen LogP contribution in [0.3, 0.4) is 0 Å². The minimum atomic E-state index is 0.0960. The van der Waals surface area contributed by atoms with E-state index >= 15 is 0 Å². The first-order valence-electron chi connectivity index (χ1n) is 6.33. The first kappa shape index (κ1) is 15.4. The van der Waals surface area contributed by atoms with Crippen molar-refractivity contribution in [3.8, 4) is 11.5 Å². The molecule has 0 aliphatic heterocycles. The van der Waals surface area contributed by atoms with Gasteiger partial charge in [-0.1, -0.05) is 6.07 Å². The van der Waals surface area contributed by atoms with Crippen molar-refractivity contribution in [2.45, 2.75) is 18.9 Å². The molecule has 0 fully saturated rings. The molecule has 1 aromatic heterocycles. The first-order chi connectivity index (χ1) is 9.62. The van der Waals surface area contributed by atoms with Crippen molar-refractivity contribution in [3.63, 3.8) is 0 Å². The van der Waals surface area contributed by atoms with Gasteiger partial charge < -0.3 is 15.2 Å². The van der Waals surface area contributed by atoms with E-state index in [1.165, 1.54) is 4.88 Å². The predicted octanol–water partition coefficient (Wildman–Crippen LogP) is 3.64. The van der Waals surface area contributed by atoms with E-state index in [0.29, 0.717) is 0 Å². The summed E-state index contributed by atoms with van der Waals surface area (Å²) in [6, 6.07) is 10.2. The number of thiophene rings is 1. The van der Waals surface area contributed by atoms with E-state index in [1.807, 2.05) is 18.2 Å². The van der Waals surface area contributed by atoms with Crippen molar-refractivity contribution in [1.29, 1.82) is 0 Å².